The van der Waals surface area contributed by atoms with E-state index in [1.165, 1.54) is 12.2 Å². The van der Waals surface area contributed by atoms with Crippen molar-refractivity contribution in [2.75, 3.05) is 18.1 Å². The van der Waals surface area contributed by atoms with Crippen molar-refractivity contribution in [3.05, 3.63) is 0 Å². The van der Waals surface area contributed by atoms with E-state index in [1.807, 2.05) is 16.7 Å². The Hall–Kier alpha value is -0.220. The molecule has 13 heavy (non-hydrogen) atoms. The second-order valence-corrected chi connectivity index (χ2v) is 4.92. The lowest BCUT2D eigenvalue weighted by atomic mass is 10.1. The highest BCUT2D eigenvalue weighted by Gasteiger charge is 2.33. The molecule has 2 heterocycles. The second-order valence-electron chi connectivity index (χ2n) is 3.78. The smallest absolute Gasteiger partial charge is 0.225 e. The van der Waals surface area contributed by atoms with Crippen molar-refractivity contribution in [3.63, 3.8) is 0 Å². The summed E-state index contributed by atoms with van der Waals surface area (Å²) in [4.78, 5) is 13.3. The van der Waals surface area contributed by atoms with Gasteiger partial charge in [-0.2, -0.15) is 11.8 Å². The summed E-state index contributed by atoms with van der Waals surface area (Å²) in [6.45, 7) is 0.560. The van der Waals surface area contributed by atoms with Crippen molar-refractivity contribution < 1.29 is 9.90 Å². The first-order valence-corrected chi connectivity index (χ1v) is 5.98. The lowest BCUT2D eigenvalue weighted by Gasteiger charge is -2.30. The first-order chi connectivity index (χ1) is 6.27. The third-order valence-corrected chi connectivity index (χ3v) is 3.91. The molecule has 2 rings (SSSR count). The average Bonchev–Trinajstić information content (AvgIpc) is 2.47. The highest BCUT2D eigenvalue weighted by atomic mass is 32.2. The third kappa shape index (κ3) is 1.99. The van der Waals surface area contributed by atoms with Crippen LogP contribution in [0.4, 0.5) is 0 Å². The van der Waals surface area contributed by atoms with Gasteiger partial charge in [0, 0.05) is 18.3 Å². The number of amides is 1. The molecule has 0 aliphatic carbocycles. The second kappa shape index (κ2) is 3.88. The Labute approximate surface area is 82.5 Å². The topological polar surface area (TPSA) is 40.5 Å². The van der Waals surface area contributed by atoms with E-state index < -0.39 is 6.10 Å². The zero-order valence-corrected chi connectivity index (χ0v) is 8.42. The monoisotopic (exact) mass is 201 g/mol. The van der Waals surface area contributed by atoms with Gasteiger partial charge in [-0.15, -0.1) is 0 Å². The van der Waals surface area contributed by atoms with Gasteiger partial charge in [-0.25, -0.2) is 0 Å². The number of aliphatic hydroxyl groups is 1. The predicted octanol–water partition coefficient (Wildman–Crippen LogP) is 0.475. The molecule has 0 radical (unpaired) electrons. The molecule has 0 saturated carbocycles. The van der Waals surface area contributed by atoms with Crippen LogP contribution in [-0.4, -0.2) is 46.1 Å². The van der Waals surface area contributed by atoms with Crippen LogP contribution in [0, 0.1) is 0 Å². The predicted molar refractivity (Wildman–Crippen MR) is 52.7 cm³/mol. The van der Waals surface area contributed by atoms with Crippen LogP contribution in [0.5, 0.6) is 0 Å². The van der Waals surface area contributed by atoms with Crippen LogP contribution in [0.15, 0.2) is 0 Å². The molecule has 0 spiro atoms. The number of likely N-dealkylation sites (tertiary alicyclic amines) is 1. The van der Waals surface area contributed by atoms with E-state index in [0.29, 0.717) is 19.0 Å². The molecule has 4 heteroatoms. The number of nitrogens with zero attached hydrogens (tertiary/aromatic N) is 1. The Morgan fingerprint density at radius 1 is 1.54 bits per heavy atom. The van der Waals surface area contributed by atoms with Crippen LogP contribution in [0.2, 0.25) is 0 Å². The number of β-amino-alcohol motifs (C(OH)–C–C–N with tert-alkyl or cyclic N) is 1. The molecule has 3 nitrogen and oxygen atoms in total. The van der Waals surface area contributed by atoms with Gasteiger partial charge in [0.2, 0.25) is 5.91 Å². The molecule has 0 aromatic carbocycles. The summed E-state index contributed by atoms with van der Waals surface area (Å²) >= 11 is 1.92. The Morgan fingerprint density at radius 3 is 2.92 bits per heavy atom. The standard InChI is InChI=1S/C9H15NO2S/c11-8-4-9(12)10(5-8)7-2-1-3-13-6-7/h7-8,11H,1-6H2. The van der Waals surface area contributed by atoms with E-state index in [0.717, 1.165) is 12.2 Å². The number of carbonyl (C=O) groups is 1. The number of hydrogen-bond donors (Lipinski definition) is 1. The van der Waals surface area contributed by atoms with Crippen LogP contribution in [0.25, 0.3) is 0 Å². The minimum absolute atomic E-state index is 0.139. The summed E-state index contributed by atoms with van der Waals surface area (Å²) < 4.78 is 0. The quantitative estimate of drug-likeness (QED) is 0.670. The minimum atomic E-state index is -0.417. The fourth-order valence-electron chi connectivity index (χ4n) is 2.03. The number of aliphatic hydroxyl groups excluding tert-OH is 1. The number of thioether (sulfide) groups is 1. The third-order valence-electron chi connectivity index (χ3n) is 2.72. The molecular weight excluding hydrogens is 186 g/mol. The fourth-order valence-corrected chi connectivity index (χ4v) is 3.19. The minimum Gasteiger partial charge on any atom is -0.391 e. The first kappa shape index (κ1) is 9.34. The average molecular weight is 201 g/mol. The van der Waals surface area contributed by atoms with Gasteiger partial charge in [-0.3, -0.25) is 4.79 Å². The molecule has 2 aliphatic rings. The lowest BCUT2D eigenvalue weighted by Crippen LogP contribution is -2.40. The molecule has 1 amide bonds. The van der Waals surface area contributed by atoms with Gasteiger partial charge in [0.1, 0.15) is 0 Å². The molecule has 0 aromatic heterocycles. The summed E-state index contributed by atoms with van der Waals surface area (Å²) in [5, 5.41) is 9.33. The van der Waals surface area contributed by atoms with Gasteiger partial charge in [0.05, 0.1) is 12.5 Å². The normalized spacial score (nSPS) is 35.5. The largest absolute Gasteiger partial charge is 0.391 e. The van der Waals surface area contributed by atoms with Crippen molar-refractivity contribution in [1.82, 2.24) is 4.90 Å². The Bertz CT molecular complexity index is 204. The molecule has 2 atom stereocenters. The van der Waals surface area contributed by atoms with Gasteiger partial charge in [0.15, 0.2) is 0 Å². The summed E-state index contributed by atoms with van der Waals surface area (Å²) in [7, 11) is 0. The van der Waals surface area contributed by atoms with E-state index in [9.17, 15) is 9.90 Å². The van der Waals surface area contributed by atoms with Gasteiger partial charge in [-0.05, 0) is 18.6 Å². The molecule has 0 bridgehead atoms. The maximum atomic E-state index is 11.4. The van der Waals surface area contributed by atoms with Crippen molar-refractivity contribution in [2.45, 2.75) is 31.4 Å². The van der Waals surface area contributed by atoms with E-state index in [4.69, 9.17) is 0 Å². The summed E-state index contributed by atoms with van der Waals surface area (Å²) in [5.74, 6) is 2.42. The van der Waals surface area contributed by atoms with Crippen molar-refractivity contribution in [2.24, 2.45) is 0 Å². The summed E-state index contributed by atoms with van der Waals surface area (Å²) in [6.07, 6.45) is 2.24. The van der Waals surface area contributed by atoms with Crippen molar-refractivity contribution >= 4 is 17.7 Å². The molecule has 74 valence electrons. The van der Waals surface area contributed by atoms with Gasteiger partial charge in [-0.1, -0.05) is 0 Å². The van der Waals surface area contributed by atoms with Crippen LogP contribution in [0.1, 0.15) is 19.3 Å². The summed E-state index contributed by atoms with van der Waals surface area (Å²) in [6, 6.07) is 0.392. The molecule has 0 aromatic rings. The van der Waals surface area contributed by atoms with Crippen molar-refractivity contribution in [1.29, 1.82) is 0 Å². The molecule has 2 saturated heterocycles. The Kier molecular flexibility index (Phi) is 2.79. The van der Waals surface area contributed by atoms with E-state index >= 15 is 0 Å². The molecule has 1 N–H and O–H groups in total. The maximum Gasteiger partial charge on any atom is 0.225 e. The van der Waals surface area contributed by atoms with Crippen LogP contribution in [-0.2, 0) is 4.79 Å². The molecule has 2 unspecified atom stereocenters. The van der Waals surface area contributed by atoms with Gasteiger partial charge >= 0.3 is 0 Å². The number of hydrogen-bond acceptors (Lipinski definition) is 3. The van der Waals surface area contributed by atoms with Gasteiger partial charge < -0.3 is 10.0 Å². The number of rotatable bonds is 1. The zero-order valence-electron chi connectivity index (χ0n) is 7.61. The van der Waals surface area contributed by atoms with E-state index in [-0.39, 0.29) is 5.91 Å². The van der Waals surface area contributed by atoms with Gasteiger partial charge in [0.25, 0.3) is 0 Å². The Balaban J connectivity index is 1.95. The lowest BCUT2D eigenvalue weighted by molar-refractivity contribution is -0.129. The van der Waals surface area contributed by atoms with E-state index in [1.54, 1.807) is 0 Å². The maximum absolute atomic E-state index is 11.4. The van der Waals surface area contributed by atoms with E-state index in [2.05, 4.69) is 0 Å². The fraction of sp³-hybridized carbons (Fsp3) is 0.889. The van der Waals surface area contributed by atoms with Crippen LogP contribution >= 0.6 is 11.8 Å². The zero-order chi connectivity index (χ0) is 9.26. The number of carbonyl (C=O) groups excluding carboxylic acids is 1. The van der Waals surface area contributed by atoms with Crippen molar-refractivity contribution in [3.8, 4) is 0 Å². The Morgan fingerprint density at radius 2 is 2.38 bits per heavy atom. The molecular formula is C9H15NO2S. The summed E-state index contributed by atoms with van der Waals surface area (Å²) in [5.41, 5.74) is 0. The SMILES string of the molecule is O=C1CC(O)CN1C1CCCSC1. The molecule has 2 fully saturated rings. The highest BCUT2D eigenvalue weighted by Crippen LogP contribution is 2.25. The molecule has 2 aliphatic heterocycles. The van der Waals surface area contributed by atoms with Crippen LogP contribution < -0.4 is 0 Å². The van der Waals surface area contributed by atoms with Crippen LogP contribution in [0.3, 0.4) is 0 Å². The first-order valence-electron chi connectivity index (χ1n) is 4.82. The highest BCUT2D eigenvalue weighted by molar-refractivity contribution is 7.99.